The van der Waals surface area contributed by atoms with Crippen molar-refractivity contribution in [3.8, 4) is 0 Å². The number of nitrogens with zero attached hydrogens (tertiary/aromatic N) is 2. The van der Waals surface area contributed by atoms with E-state index < -0.39 is 0 Å². The summed E-state index contributed by atoms with van der Waals surface area (Å²) in [5, 5.41) is 9.52. The molecule has 0 aromatic heterocycles. The molecule has 0 spiro atoms. The maximum atomic E-state index is 11.9. The van der Waals surface area contributed by atoms with E-state index in [2.05, 4.69) is 53.8 Å². The van der Waals surface area contributed by atoms with Crippen LogP contribution in [0.4, 0.5) is 0 Å². The monoisotopic (exact) mass is 341 g/mol. The van der Waals surface area contributed by atoms with Crippen LogP contribution in [0.25, 0.3) is 0 Å². The number of nitrogens with one attached hydrogen (secondary N) is 3. The predicted molar refractivity (Wildman–Crippen MR) is 103 cm³/mol. The molecule has 24 heavy (non-hydrogen) atoms. The molecular weight excluding hydrogens is 302 g/mol. The molecule has 0 aromatic carbocycles. The summed E-state index contributed by atoms with van der Waals surface area (Å²) in [6.45, 7) is 14.1. The SMILES string of the molecule is CCNC(=NCC(=O)NC(C)(C)C)NCC(C(CC)CC)N(C)C. The number of rotatable bonds is 9. The lowest BCUT2D eigenvalue weighted by molar-refractivity contribution is -0.121. The lowest BCUT2D eigenvalue weighted by atomic mass is 9.93. The van der Waals surface area contributed by atoms with Crippen LogP contribution in [0.2, 0.25) is 0 Å². The molecule has 3 N–H and O–H groups in total. The van der Waals surface area contributed by atoms with Gasteiger partial charge in [0.1, 0.15) is 6.54 Å². The van der Waals surface area contributed by atoms with E-state index in [1.54, 1.807) is 0 Å². The second kappa shape index (κ2) is 11.3. The third-order valence-electron chi connectivity index (χ3n) is 3.97. The van der Waals surface area contributed by atoms with Crippen LogP contribution in [-0.4, -0.2) is 62.1 Å². The summed E-state index contributed by atoms with van der Waals surface area (Å²) in [7, 11) is 4.23. The summed E-state index contributed by atoms with van der Waals surface area (Å²) >= 11 is 0. The number of amides is 1. The van der Waals surface area contributed by atoms with Crippen molar-refractivity contribution in [1.29, 1.82) is 0 Å². The van der Waals surface area contributed by atoms with Gasteiger partial charge in [-0.25, -0.2) is 4.99 Å². The number of carbonyl (C=O) groups excluding carboxylic acids is 1. The lowest BCUT2D eigenvalue weighted by Crippen LogP contribution is -2.48. The molecule has 0 radical (unpaired) electrons. The van der Waals surface area contributed by atoms with Crippen LogP contribution in [-0.2, 0) is 4.79 Å². The topological polar surface area (TPSA) is 68.8 Å². The molecule has 142 valence electrons. The van der Waals surface area contributed by atoms with Gasteiger partial charge in [0.05, 0.1) is 0 Å². The van der Waals surface area contributed by atoms with Crippen molar-refractivity contribution in [2.24, 2.45) is 10.9 Å². The van der Waals surface area contributed by atoms with Gasteiger partial charge in [0.2, 0.25) is 5.91 Å². The molecule has 1 unspecified atom stereocenters. The van der Waals surface area contributed by atoms with E-state index in [0.717, 1.165) is 25.9 Å². The van der Waals surface area contributed by atoms with Gasteiger partial charge in [0.25, 0.3) is 0 Å². The van der Waals surface area contributed by atoms with Gasteiger partial charge in [0.15, 0.2) is 5.96 Å². The van der Waals surface area contributed by atoms with E-state index in [1.165, 1.54) is 0 Å². The summed E-state index contributed by atoms with van der Waals surface area (Å²) in [5.41, 5.74) is -0.232. The van der Waals surface area contributed by atoms with Crippen molar-refractivity contribution in [3.63, 3.8) is 0 Å². The van der Waals surface area contributed by atoms with Crippen LogP contribution in [0.5, 0.6) is 0 Å². The fourth-order valence-corrected chi connectivity index (χ4v) is 2.76. The first-order chi connectivity index (χ1) is 11.1. The third-order valence-corrected chi connectivity index (χ3v) is 3.97. The number of hydrogen-bond donors (Lipinski definition) is 3. The molecule has 1 atom stereocenters. The highest BCUT2D eigenvalue weighted by atomic mass is 16.2. The Morgan fingerprint density at radius 2 is 1.67 bits per heavy atom. The highest BCUT2D eigenvalue weighted by molar-refractivity contribution is 5.85. The van der Waals surface area contributed by atoms with Crippen molar-refractivity contribution >= 4 is 11.9 Å². The highest BCUT2D eigenvalue weighted by Gasteiger charge is 2.21. The molecule has 0 fully saturated rings. The molecule has 1 amide bonds. The number of hydrogen-bond acceptors (Lipinski definition) is 3. The van der Waals surface area contributed by atoms with Crippen molar-refractivity contribution in [2.75, 3.05) is 33.7 Å². The molecule has 0 saturated heterocycles. The van der Waals surface area contributed by atoms with E-state index in [4.69, 9.17) is 0 Å². The summed E-state index contributed by atoms with van der Waals surface area (Å²) in [6.07, 6.45) is 2.31. The van der Waals surface area contributed by atoms with Gasteiger partial charge in [-0.2, -0.15) is 0 Å². The molecule has 6 nitrogen and oxygen atoms in total. The normalized spacial score (nSPS) is 14.0. The van der Waals surface area contributed by atoms with Crippen LogP contribution in [0, 0.1) is 5.92 Å². The lowest BCUT2D eigenvalue weighted by Gasteiger charge is -2.32. The molecule has 0 aromatic rings. The standard InChI is InChI=1S/C18H39N5O/c1-9-14(10-2)15(23(7)8)12-20-17(19-11-3)21-13-16(24)22-18(4,5)6/h14-15H,9-13H2,1-8H3,(H,22,24)(H2,19,20,21). The van der Waals surface area contributed by atoms with Crippen LogP contribution >= 0.6 is 0 Å². The molecule has 0 bridgehead atoms. The maximum absolute atomic E-state index is 11.9. The largest absolute Gasteiger partial charge is 0.357 e. The van der Waals surface area contributed by atoms with Crippen LogP contribution in [0.1, 0.15) is 54.4 Å². The molecule has 0 aliphatic heterocycles. The molecule has 0 aliphatic rings. The Balaban J connectivity index is 4.75. The number of guanidine groups is 1. The number of aliphatic imine (C=N–C) groups is 1. The minimum atomic E-state index is -0.232. The molecule has 0 rings (SSSR count). The Labute approximate surface area is 148 Å². The third kappa shape index (κ3) is 9.75. The van der Waals surface area contributed by atoms with Gasteiger partial charge >= 0.3 is 0 Å². The smallest absolute Gasteiger partial charge is 0.242 e. The van der Waals surface area contributed by atoms with Gasteiger partial charge in [-0.15, -0.1) is 0 Å². The van der Waals surface area contributed by atoms with Crippen molar-refractivity contribution in [3.05, 3.63) is 0 Å². The quantitative estimate of drug-likeness (QED) is 0.442. The fraction of sp³-hybridized carbons (Fsp3) is 0.889. The highest BCUT2D eigenvalue weighted by Crippen LogP contribution is 2.16. The molecule has 0 aliphatic carbocycles. The maximum Gasteiger partial charge on any atom is 0.242 e. The van der Waals surface area contributed by atoms with Gasteiger partial charge in [-0.1, -0.05) is 26.7 Å². The molecule has 6 heteroatoms. The van der Waals surface area contributed by atoms with Crippen molar-refractivity contribution in [1.82, 2.24) is 20.9 Å². The first-order valence-electron chi connectivity index (χ1n) is 9.14. The van der Waals surface area contributed by atoms with Crippen LogP contribution in [0.15, 0.2) is 4.99 Å². The predicted octanol–water partition coefficient (Wildman–Crippen LogP) is 1.82. The second-order valence-corrected chi connectivity index (χ2v) is 7.48. The summed E-state index contributed by atoms with van der Waals surface area (Å²) in [6, 6.07) is 0.437. The summed E-state index contributed by atoms with van der Waals surface area (Å²) in [4.78, 5) is 18.6. The first-order valence-corrected chi connectivity index (χ1v) is 9.14. The zero-order valence-electron chi connectivity index (χ0n) is 17.0. The average Bonchev–Trinajstić information content (AvgIpc) is 2.46. The van der Waals surface area contributed by atoms with Gasteiger partial charge in [-0.3, -0.25) is 4.79 Å². The minimum absolute atomic E-state index is 0.0659. The van der Waals surface area contributed by atoms with E-state index in [-0.39, 0.29) is 18.0 Å². The average molecular weight is 342 g/mol. The Morgan fingerprint density at radius 1 is 1.08 bits per heavy atom. The number of carbonyl (C=O) groups is 1. The van der Waals surface area contributed by atoms with Crippen molar-refractivity contribution in [2.45, 2.75) is 66.0 Å². The second-order valence-electron chi connectivity index (χ2n) is 7.48. The molecule has 0 heterocycles. The fourth-order valence-electron chi connectivity index (χ4n) is 2.76. The van der Waals surface area contributed by atoms with E-state index >= 15 is 0 Å². The van der Waals surface area contributed by atoms with Crippen molar-refractivity contribution < 1.29 is 4.79 Å². The van der Waals surface area contributed by atoms with Gasteiger partial charge < -0.3 is 20.9 Å². The Kier molecular flexibility index (Phi) is 10.7. The zero-order chi connectivity index (χ0) is 18.8. The summed E-state index contributed by atoms with van der Waals surface area (Å²) < 4.78 is 0. The van der Waals surface area contributed by atoms with Gasteiger partial charge in [-0.05, 0) is 47.7 Å². The van der Waals surface area contributed by atoms with E-state index in [1.807, 2.05) is 27.7 Å². The molecule has 0 saturated carbocycles. The minimum Gasteiger partial charge on any atom is -0.357 e. The van der Waals surface area contributed by atoms with E-state index in [0.29, 0.717) is 17.9 Å². The Morgan fingerprint density at radius 3 is 2.08 bits per heavy atom. The Bertz CT molecular complexity index is 383. The van der Waals surface area contributed by atoms with E-state index in [9.17, 15) is 4.79 Å². The zero-order valence-corrected chi connectivity index (χ0v) is 17.0. The number of likely N-dealkylation sites (N-methyl/N-ethyl adjacent to an activating group) is 1. The summed E-state index contributed by atoms with van der Waals surface area (Å²) in [5.74, 6) is 1.27. The first kappa shape index (κ1) is 22.7. The van der Waals surface area contributed by atoms with Gasteiger partial charge in [0, 0.05) is 24.7 Å². The van der Waals surface area contributed by atoms with Crippen LogP contribution in [0.3, 0.4) is 0 Å². The molecular formula is C18H39N5O. The Hall–Kier alpha value is -1.30. The van der Waals surface area contributed by atoms with Crippen LogP contribution < -0.4 is 16.0 Å².